The number of halogens is 1. The van der Waals surface area contributed by atoms with Gasteiger partial charge in [-0.05, 0) is 49.6 Å². The van der Waals surface area contributed by atoms with E-state index < -0.39 is 5.82 Å². The fraction of sp³-hybridized carbons (Fsp3) is 0.417. The summed E-state index contributed by atoms with van der Waals surface area (Å²) in [6, 6.07) is 11.8. The zero-order valence-electron chi connectivity index (χ0n) is 18.2. The topological polar surface area (TPSA) is 61.9 Å². The third-order valence-electron chi connectivity index (χ3n) is 5.39. The number of amides is 2. The van der Waals surface area contributed by atoms with E-state index in [1.807, 2.05) is 36.9 Å². The van der Waals surface area contributed by atoms with Gasteiger partial charge in [0.2, 0.25) is 5.91 Å². The summed E-state index contributed by atoms with van der Waals surface area (Å²) >= 11 is 0. The van der Waals surface area contributed by atoms with E-state index in [1.54, 1.807) is 17.0 Å². The number of benzene rings is 2. The van der Waals surface area contributed by atoms with Gasteiger partial charge in [0.1, 0.15) is 18.2 Å². The number of hydrogen-bond acceptors (Lipinski definition) is 4. The molecule has 166 valence electrons. The van der Waals surface area contributed by atoms with E-state index in [2.05, 4.69) is 5.32 Å². The maximum Gasteiger partial charge on any atom is 0.254 e. The first-order chi connectivity index (χ1) is 14.9. The monoisotopic (exact) mass is 427 g/mol. The van der Waals surface area contributed by atoms with Crippen LogP contribution in [-0.2, 0) is 4.79 Å². The molecule has 0 radical (unpaired) electrons. The van der Waals surface area contributed by atoms with Crippen molar-refractivity contribution < 1.29 is 18.7 Å². The number of rotatable bonds is 7. The average molecular weight is 428 g/mol. The normalized spacial score (nSPS) is 14.7. The molecule has 1 fully saturated rings. The first-order valence-electron chi connectivity index (χ1n) is 10.7. The van der Waals surface area contributed by atoms with Crippen LogP contribution < -0.4 is 10.1 Å². The van der Waals surface area contributed by atoms with Crippen LogP contribution in [0.1, 0.15) is 27.9 Å². The minimum Gasteiger partial charge on any atom is -0.491 e. The van der Waals surface area contributed by atoms with Crippen LogP contribution in [0.5, 0.6) is 5.75 Å². The first-order valence-corrected chi connectivity index (χ1v) is 10.7. The molecule has 1 N–H and O–H groups in total. The van der Waals surface area contributed by atoms with Crippen molar-refractivity contribution in [3.05, 3.63) is 65.0 Å². The molecule has 2 aromatic rings. The second-order valence-corrected chi connectivity index (χ2v) is 7.85. The largest absolute Gasteiger partial charge is 0.491 e. The number of para-hydroxylation sites is 1. The molecule has 1 saturated heterocycles. The molecule has 31 heavy (non-hydrogen) atoms. The summed E-state index contributed by atoms with van der Waals surface area (Å²) in [5, 5.41) is 2.90. The predicted molar refractivity (Wildman–Crippen MR) is 118 cm³/mol. The Morgan fingerprint density at radius 3 is 2.52 bits per heavy atom. The molecule has 2 amide bonds. The molecule has 6 nitrogen and oxygen atoms in total. The summed E-state index contributed by atoms with van der Waals surface area (Å²) in [6.45, 7) is 7.58. The van der Waals surface area contributed by atoms with Gasteiger partial charge in [0, 0.05) is 31.7 Å². The molecule has 0 spiro atoms. The summed E-state index contributed by atoms with van der Waals surface area (Å²) in [6.07, 6.45) is 0.768. The van der Waals surface area contributed by atoms with Gasteiger partial charge in [-0.1, -0.05) is 24.3 Å². The fourth-order valence-corrected chi connectivity index (χ4v) is 3.77. The van der Waals surface area contributed by atoms with E-state index in [4.69, 9.17) is 4.74 Å². The number of nitrogens with zero attached hydrogens (tertiary/aromatic N) is 2. The second kappa shape index (κ2) is 10.9. The molecule has 7 heteroatoms. The number of nitrogens with one attached hydrogen (secondary N) is 1. The molecule has 0 aromatic heterocycles. The van der Waals surface area contributed by atoms with Crippen molar-refractivity contribution in [2.24, 2.45) is 0 Å². The summed E-state index contributed by atoms with van der Waals surface area (Å²) in [7, 11) is 0. The fourth-order valence-electron chi connectivity index (χ4n) is 3.77. The molecular weight excluding hydrogens is 397 g/mol. The molecule has 1 aliphatic heterocycles. The van der Waals surface area contributed by atoms with E-state index in [-0.39, 0.29) is 18.4 Å². The summed E-state index contributed by atoms with van der Waals surface area (Å²) in [5.74, 6) is 0.220. The standard InChI is InChI=1S/C24H30FN3O3/c1-18-6-3-7-19(2)23(18)31-15-10-26-22(29)17-27-11-5-12-28(14-13-27)24(30)20-8-4-9-21(25)16-20/h3-4,6-9,16H,5,10-15,17H2,1-2H3,(H,26,29). The summed E-state index contributed by atoms with van der Waals surface area (Å²) in [5.41, 5.74) is 2.51. The minimum absolute atomic E-state index is 0.0602. The van der Waals surface area contributed by atoms with Crippen molar-refractivity contribution in [1.29, 1.82) is 0 Å². The Hall–Kier alpha value is -2.93. The maximum atomic E-state index is 13.4. The number of ether oxygens (including phenoxy) is 1. The third kappa shape index (κ3) is 6.52. The highest BCUT2D eigenvalue weighted by atomic mass is 19.1. The van der Waals surface area contributed by atoms with Crippen LogP contribution in [0.4, 0.5) is 4.39 Å². The molecule has 3 rings (SSSR count). The van der Waals surface area contributed by atoms with Crippen molar-refractivity contribution >= 4 is 11.8 Å². The van der Waals surface area contributed by atoms with Gasteiger partial charge in [-0.25, -0.2) is 4.39 Å². The van der Waals surface area contributed by atoms with Crippen LogP contribution in [0, 0.1) is 19.7 Å². The highest BCUT2D eigenvalue weighted by Gasteiger charge is 2.21. The minimum atomic E-state index is -0.416. The molecule has 1 aliphatic rings. The van der Waals surface area contributed by atoms with Crippen LogP contribution >= 0.6 is 0 Å². The first kappa shape index (κ1) is 22.7. The van der Waals surface area contributed by atoms with Gasteiger partial charge < -0.3 is 15.0 Å². The molecule has 0 aliphatic carbocycles. The van der Waals surface area contributed by atoms with Gasteiger partial charge in [-0.15, -0.1) is 0 Å². The second-order valence-electron chi connectivity index (χ2n) is 7.85. The van der Waals surface area contributed by atoms with Crippen LogP contribution in [0.25, 0.3) is 0 Å². The number of hydrogen-bond donors (Lipinski definition) is 1. The van der Waals surface area contributed by atoms with Gasteiger partial charge in [0.15, 0.2) is 0 Å². The van der Waals surface area contributed by atoms with Crippen molar-refractivity contribution in [1.82, 2.24) is 15.1 Å². The zero-order valence-corrected chi connectivity index (χ0v) is 18.2. The van der Waals surface area contributed by atoms with Crippen LogP contribution in [0.2, 0.25) is 0 Å². The van der Waals surface area contributed by atoms with Gasteiger partial charge in [-0.3, -0.25) is 14.5 Å². The molecule has 0 saturated carbocycles. The predicted octanol–water partition coefficient (Wildman–Crippen LogP) is 2.79. The quantitative estimate of drug-likeness (QED) is 0.691. The highest BCUT2D eigenvalue weighted by molar-refractivity contribution is 5.94. The van der Waals surface area contributed by atoms with Crippen molar-refractivity contribution in [2.45, 2.75) is 20.3 Å². The van der Waals surface area contributed by atoms with Gasteiger partial charge in [0.05, 0.1) is 13.1 Å². The van der Waals surface area contributed by atoms with Gasteiger partial charge in [-0.2, -0.15) is 0 Å². The van der Waals surface area contributed by atoms with Crippen molar-refractivity contribution in [2.75, 3.05) is 45.9 Å². The van der Waals surface area contributed by atoms with Crippen LogP contribution in [0.15, 0.2) is 42.5 Å². The SMILES string of the molecule is Cc1cccc(C)c1OCCNC(=O)CN1CCCN(C(=O)c2cccc(F)c2)CC1. The smallest absolute Gasteiger partial charge is 0.254 e. The van der Waals surface area contributed by atoms with E-state index in [0.29, 0.717) is 38.3 Å². The molecule has 0 atom stereocenters. The van der Waals surface area contributed by atoms with E-state index >= 15 is 0 Å². The Morgan fingerprint density at radius 1 is 1.03 bits per heavy atom. The number of aryl methyl sites for hydroxylation is 2. The molecular formula is C24H30FN3O3. The lowest BCUT2D eigenvalue weighted by molar-refractivity contribution is -0.122. The number of carbonyl (C=O) groups is 2. The lowest BCUT2D eigenvalue weighted by atomic mass is 10.1. The van der Waals surface area contributed by atoms with Gasteiger partial charge >= 0.3 is 0 Å². The lowest BCUT2D eigenvalue weighted by Crippen LogP contribution is -2.41. The molecule has 2 aromatic carbocycles. The van der Waals surface area contributed by atoms with Crippen LogP contribution in [-0.4, -0.2) is 67.5 Å². The Labute approximate surface area is 183 Å². The summed E-state index contributed by atoms with van der Waals surface area (Å²) < 4.78 is 19.2. The van der Waals surface area contributed by atoms with Crippen molar-refractivity contribution in [3.63, 3.8) is 0 Å². The van der Waals surface area contributed by atoms with E-state index in [9.17, 15) is 14.0 Å². The number of carbonyl (C=O) groups excluding carboxylic acids is 2. The Bertz CT molecular complexity index is 898. The molecule has 0 unspecified atom stereocenters. The molecule has 0 bridgehead atoms. The zero-order chi connectivity index (χ0) is 22.2. The van der Waals surface area contributed by atoms with E-state index in [1.165, 1.54) is 12.1 Å². The summed E-state index contributed by atoms with van der Waals surface area (Å²) in [4.78, 5) is 28.7. The van der Waals surface area contributed by atoms with E-state index in [0.717, 1.165) is 29.8 Å². The van der Waals surface area contributed by atoms with Gasteiger partial charge in [0.25, 0.3) is 5.91 Å². The van der Waals surface area contributed by atoms with Crippen LogP contribution in [0.3, 0.4) is 0 Å². The average Bonchev–Trinajstić information content (AvgIpc) is 2.98. The lowest BCUT2D eigenvalue weighted by Gasteiger charge is -2.22. The van der Waals surface area contributed by atoms with Crippen molar-refractivity contribution in [3.8, 4) is 5.75 Å². The maximum absolute atomic E-state index is 13.4. The Balaban J connectivity index is 1.40. The Kier molecular flexibility index (Phi) is 8.00. The highest BCUT2D eigenvalue weighted by Crippen LogP contribution is 2.21. The Morgan fingerprint density at radius 2 is 1.77 bits per heavy atom. The third-order valence-corrected chi connectivity index (χ3v) is 5.39. The molecule has 1 heterocycles.